The van der Waals surface area contributed by atoms with Crippen molar-refractivity contribution >= 4 is 17.9 Å². The van der Waals surface area contributed by atoms with Crippen molar-refractivity contribution in [3.8, 4) is 17.5 Å². The first kappa shape index (κ1) is 33.0. The van der Waals surface area contributed by atoms with Crippen LogP contribution in [0.3, 0.4) is 0 Å². The minimum absolute atomic E-state index is 0.0508. The number of anilines is 1. The van der Waals surface area contributed by atoms with Crippen molar-refractivity contribution in [1.82, 2.24) is 15.2 Å². The molecular formula is C27H37F3N4O8. The molecule has 234 valence electrons. The van der Waals surface area contributed by atoms with Gasteiger partial charge in [0.2, 0.25) is 11.5 Å². The molecule has 0 aromatic carbocycles. The van der Waals surface area contributed by atoms with Crippen LogP contribution in [0.5, 0.6) is 5.88 Å². The van der Waals surface area contributed by atoms with E-state index >= 15 is 0 Å². The van der Waals surface area contributed by atoms with Gasteiger partial charge in [0.15, 0.2) is 5.69 Å². The smallest absolute Gasteiger partial charge is 0.426 e. The van der Waals surface area contributed by atoms with Crippen molar-refractivity contribution in [2.45, 2.75) is 110 Å². The standard InChI is InChI=1S/C27H37F3N4O8/c1-15-13-17(34(22(36)41-24(2,3)4)23(37)42-25(5,6)7)18-20-32-33-21(40-20)26(38,27(28,29)30)12-10-8-9-11-16(14-35)39-19(15)31-18/h13,16,35,38H,8-12,14H2,1-7H3/t16-,26-/m1/s1. The van der Waals surface area contributed by atoms with Gasteiger partial charge in [0.05, 0.1) is 12.3 Å². The zero-order valence-corrected chi connectivity index (χ0v) is 24.7. The maximum Gasteiger partial charge on any atom is 0.426 e. The van der Waals surface area contributed by atoms with Crippen LogP contribution in [0.15, 0.2) is 10.5 Å². The number of alkyl halides is 3. The molecule has 0 radical (unpaired) electrons. The number of halogens is 3. The van der Waals surface area contributed by atoms with Crippen LogP contribution in [-0.2, 0) is 15.1 Å². The van der Waals surface area contributed by atoms with E-state index in [0.717, 1.165) is 0 Å². The summed E-state index contributed by atoms with van der Waals surface area (Å²) in [7, 11) is 0. The molecule has 15 heteroatoms. The van der Waals surface area contributed by atoms with Gasteiger partial charge < -0.3 is 28.8 Å². The minimum Gasteiger partial charge on any atom is -0.472 e. The summed E-state index contributed by atoms with van der Waals surface area (Å²) in [5, 5.41) is 27.8. The van der Waals surface area contributed by atoms with E-state index in [0.29, 0.717) is 16.9 Å². The first-order valence-corrected chi connectivity index (χ1v) is 13.4. The van der Waals surface area contributed by atoms with Crippen molar-refractivity contribution in [3.63, 3.8) is 0 Å². The van der Waals surface area contributed by atoms with Crippen LogP contribution in [0.4, 0.5) is 28.4 Å². The molecule has 0 saturated heterocycles. The van der Waals surface area contributed by atoms with Crippen LogP contribution in [0.1, 0.15) is 85.1 Å². The van der Waals surface area contributed by atoms with Crippen molar-refractivity contribution in [3.05, 3.63) is 17.5 Å². The molecule has 1 aliphatic heterocycles. The predicted molar refractivity (Wildman–Crippen MR) is 142 cm³/mol. The second-order valence-corrected chi connectivity index (χ2v) is 12.1. The van der Waals surface area contributed by atoms with Crippen molar-refractivity contribution in [1.29, 1.82) is 0 Å². The van der Waals surface area contributed by atoms with Crippen LogP contribution in [-0.4, -0.2) is 67.7 Å². The summed E-state index contributed by atoms with van der Waals surface area (Å²) < 4.78 is 64.5. The number of aliphatic hydroxyl groups is 2. The zero-order valence-electron chi connectivity index (χ0n) is 24.7. The number of ether oxygens (including phenoxy) is 3. The van der Waals surface area contributed by atoms with E-state index in [2.05, 4.69) is 15.2 Å². The normalized spacial score (nSPS) is 20.2. The fourth-order valence-corrected chi connectivity index (χ4v) is 4.05. The fraction of sp³-hybridized carbons (Fsp3) is 0.667. The number of rotatable bonds is 2. The summed E-state index contributed by atoms with van der Waals surface area (Å²) in [6.07, 6.45) is -8.18. The highest BCUT2D eigenvalue weighted by Crippen LogP contribution is 2.44. The Labute approximate surface area is 241 Å². The van der Waals surface area contributed by atoms with Crippen LogP contribution >= 0.6 is 0 Å². The molecule has 0 saturated carbocycles. The van der Waals surface area contributed by atoms with Crippen molar-refractivity contribution < 1.29 is 51.6 Å². The zero-order chi connectivity index (χ0) is 31.7. The topological polar surface area (TPSA) is 157 Å². The lowest BCUT2D eigenvalue weighted by atomic mass is 9.94. The highest BCUT2D eigenvalue weighted by molar-refractivity contribution is 6.11. The van der Waals surface area contributed by atoms with Gasteiger partial charge in [-0.25, -0.2) is 14.6 Å². The SMILES string of the molecule is Cc1cc(N(C(=O)OC(C)(C)C)C(=O)OC(C)(C)C)c2nc1O[C@@H](CO)CCCCC[C@](O)(C(F)(F)F)c1nnc-2o1. The third-order valence-corrected chi connectivity index (χ3v) is 6.04. The number of amides is 2. The summed E-state index contributed by atoms with van der Waals surface area (Å²) >= 11 is 0. The molecule has 2 aromatic rings. The predicted octanol–water partition coefficient (Wildman–Crippen LogP) is 5.57. The van der Waals surface area contributed by atoms with Crippen LogP contribution in [0.2, 0.25) is 0 Å². The van der Waals surface area contributed by atoms with Gasteiger partial charge in [-0.15, -0.1) is 10.2 Å². The highest BCUT2D eigenvalue weighted by atomic mass is 19.4. The average molecular weight is 603 g/mol. The summed E-state index contributed by atoms with van der Waals surface area (Å²) in [5.41, 5.74) is -6.05. The van der Waals surface area contributed by atoms with Crippen molar-refractivity contribution in [2.75, 3.05) is 11.5 Å². The molecule has 42 heavy (non-hydrogen) atoms. The lowest BCUT2D eigenvalue weighted by molar-refractivity contribution is -0.277. The van der Waals surface area contributed by atoms with Gasteiger partial charge in [-0.2, -0.15) is 18.1 Å². The Hall–Kier alpha value is -3.46. The molecular weight excluding hydrogens is 565 g/mol. The minimum atomic E-state index is -5.17. The van der Waals surface area contributed by atoms with E-state index in [9.17, 15) is 33.0 Å². The van der Waals surface area contributed by atoms with Gasteiger partial charge >= 0.3 is 18.4 Å². The van der Waals surface area contributed by atoms with Crippen LogP contribution in [0.25, 0.3) is 11.6 Å². The number of aliphatic hydroxyl groups excluding tert-OH is 1. The first-order chi connectivity index (χ1) is 19.3. The largest absolute Gasteiger partial charge is 0.472 e. The lowest BCUT2D eigenvalue weighted by Crippen LogP contribution is -2.44. The number of hydrogen-bond acceptors (Lipinski definition) is 11. The summed E-state index contributed by atoms with van der Waals surface area (Å²) in [4.78, 5) is 31.6. The van der Waals surface area contributed by atoms with E-state index in [1.165, 1.54) is 6.07 Å². The number of aromatic nitrogens is 3. The molecule has 0 spiro atoms. The van der Waals surface area contributed by atoms with Gasteiger partial charge in [-0.3, -0.25) is 0 Å². The maximum absolute atomic E-state index is 14.1. The van der Waals surface area contributed by atoms with E-state index in [1.807, 2.05) is 0 Å². The molecule has 0 fully saturated rings. The average Bonchev–Trinajstić information content (AvgIpc) is 3.31. The molecule has 2 atom stereocenters. The monoisotopic (exact) mass is 602 g/mol. The van der Waals surface area contributed by atoms with Crippen LogP contribution < -0.4 is 9.64 Å². The van der Waals surface area contributed by atoms with E-state index in [4.69, 9.17) is 18.6 Å². The molecule has 12 nitrogen and oxygen atoms in total. The number of nitrogens with zero attached hydrogens (tertiary/aromatic N) is 4. The second-order valence-electron chi connectivity index (χ2n) is 12.1. The number of hydrogen-bond donors (Lipinski definition) is 2. The maximum atomic E-state index is 14.1. The highest BCUT2D eigenvalue weighted by Gasteiger charge is 2.58. The van der Waals surface area contributed by atoms with Crippen molar-refractivity contribution in [2.24, 2.45) is 0 Å². The molecule has 3 heterocycles. The van der Waals surface area contributed by atoms with E-state index < -0.39 is 71.8 Å². The van der Waals surface area contributed by atoms with E-state index in [1.54, 1.807) is 48.5 Å². The lowest BCUT2D eigenvalue weighted by Gasteiger charge is -2.29. The third kappa shape index (κ3) is 7.68. The molecule has 1 aliphatic rings. The Morgan fingerprint density at radius 3 is 2.17 bits per heavy atom. The number of carbonyl (C=O) groups is 2. The Balaban J connectivity index is 2.31. The molecule has 2 amide bonds. The molecule has 0 unspecified atom stereocenters. The van der Waals surface area contributed by atoms with E-state index in [-0.39, 0.29) is 30.8 Å². The number of aryl methyl sites for hydroxylation is 1. The molecule has 2 N–H and O–H groups in total. The van der Waals surface area contributed by atoms with Gasteiger partial charge in [-0.05, 0) is 80.2 Å². The second kappa shape index (κ2) is 12.0. The Morgan fingerprint density at radius 1 is 1.05 bits per heavy atom. The van der Waals surface area contributed by atoms with Gasteiger partial charge in [0.25, 0.3) is 11.8 Å². The van der Waals surface area contributed by atoms with Gasteiger partial charge in [0.1, 0.15) is 17.3 Å². The number of pyridine rings is 1. The summed E-state index contributed by atoms with van der Waals surface area (Å²) in [6.45, 7) is 10.6. The quantitative estimate of drug-likeness (QED) is 0.443. The third-order valence-electron chi connectivity index (χ3n) is 6.04. The molecule has 4 bridgehead atoms. The summed E-state index contributed by atoms with van der Waals surface area (Å²) in [6, 6.07) is 1.30. The van der Waals surface area contributed by atoms with Gasteiger partial charge in [-0.1, -0.05) is 6.42 Å². The number of fused-ring (bicyclic) bond motifs is 5. The molecule has 2 aromatic heterocycles. The number of carbonyl (C=O) groups excluding carboxylic acids is 2. The first-order valence-electron chi connectivity index (χ1n) is 13.4. The molecule has 3 rings (SSSR count). The Bertz CT molecular complexity index is 1260. The van der Waals surface area contributed by atoms with Gasteiger partial charge in [0, 0.05) is 5.56 Å². The molecule has 0 aliphatic carbocycles. The van der Waals surface area contributed by atoms with Crippen LogP contribution in [0, 0.1) is 6.92 Å². The summed E-state index contributed by atoms with van der Waals surface area (Å²) in [5.74, 6) is -1.85. The fourth-order valence-electron chi connectivity index (χ4n) is 4.05. The Morgan fingerprint density at radius 2 is 1.64 bits per heavy atom. The Kier molecular flexibility index (Phi) is 9.47. The number of imide groups is 1.